The van der Waals surface area contributed by atoms with Crippen LogP contribution in [0.1, 0.15) is 37.1 Å². The van der Waals surface area contributed by atoms with Crippen molar-refractivity contribution in [3.05, 3.63) is 70.7 Å². The predicted octanol–water partition coefficient (Wildman–Crippen LogP) is 4.36. The zero-order valence-electron chi connectivity index (χ0n) is 27.1. The van der Waals surface area contributed by atoms with E-state index in [2.05, 4.69) is 20.2 Å². The third-order valence-corrected chi connectivity index (χ3v) is 10.7. The number of likely N-dealkylation sites (tertiary alicyclic amines) is 1. The number of aromatic nitrogens is 2. The number of aliphatic hydroxyl groups excluding tert-OH is 1. The lowest BCUT2D eigenvalue weighted by Gasteiger charge is -2.30. The second kappa shape index (κ2) is 16.0. The summed E-state index contributed by atoms with van der Waals surface area (Å²) in [6.07, 6.45) is 2.37. The number of carbonyl (C=O) groups is 1. The Kier molecular flexibility index (Phi) is 11.9. The number of ether oxygens (including phenoxy) is 1. The highest BCUT2D eigenvalue weighted by molar-refractivity contribution is 7.89. The normalized spacial score (nSPS) is 15.4. The lowest BCUT2D eigenvalue weighted by molar-refractivity contribution is 0.0876. The van der Waals surface area contributed by atoms with Crippen molar-refractivity contribution in [3.63, 3.8) is 0 Å². The van der Waals surface area contributed by atoms with Crippen LogP contribution in [0.2, 0.25) is 0 Å². The topological polar surface area (TPSA) is 141 Å². The van der Waals surface area contributed by atoms with Crippen LogP contribution < -0.4 is 10.2 Å². The maximum absolute atomic E-state index is 14.1. The van der Waals surface area contributed by atoms with E-state index >= 15 is 0 Å². The molecule has 3 heterocycles. The van der Waals surface area contributed by atoms with Crippen LogP contribution in [0.15, 0.2) is 69.6 Å². The van der Waals surface area contributed by atoms with Gasteiger partial charge in [-0.25, -0.2) is 13.2 Å². The summed E-state index contributed by atoms with van der Waals surface area (Å²) in [5.41, 5.74) is 3.45. The number of anilines is 1. The molecule has 254 valence electrons. The van der Waals surface area contributed by atoms with Crippen molar-refractivity contribution in [2.45, 2.75) is 56.8 Å². The van der Waals surface area contributed by atoms with Crippen molar-refractivity contribution in [3.8, 4) is 0 Å². The molecule has 0 spiro atoms. The highest BCUT2D eigenvalue weighted by atomic mass is 32.2. The first-order chi connectivity index (χ1) is 22.6. The molecule has 5 rings (SSSR count). The number of thiazole rings is 1. The standard InChI is InChI=1S/C33H44N6O6S2/c1-24(2)20-39(21-30(40)29(17-25-9-5-4-6-10-25)36-33(41)44-22-26-19-34-23-46-26)47(42,43)27-11-12-28-31(18-27)45-32(35-28)37(3)15-16-38-13-7-8-14-38/h4-6,9-12,18-19,23-24,29-30,40H,7-8,13-17,20-22H2,1-3H3,(H,36,41). The quantitative estimate of drug-likeness (QED) is 0.175. The van der Waals surface area contributed by atoms with Gasteiger partial charge >= 0.3 is 6.09 Å². The first-order valence-corrected chi connectivity index (χ1v) is 18.3. The fourth-order valence-corrected chi connectivity index (χ4v) is 7.71. The number of hydrogen-bond donors (Lipinski definition) is 2. The molecule has 1 aliphatic heterocycles. The van der Waals surface area contributed by atoms with Crippen molar-refractivity contribution in [1.29, 1.82) is 0 Å². The number of rotatable bonds is 16. The summed E-state index contributed by atoms with van der Waals surface area (Å²) in [4.78, 5) is 26.5. The predicted molar refractivity (Wildman–Crippen MR) is 182 cm³/mol. The number of sulfonamides is 1. The van der Waals surface area contributed by atoms with Gasteiger partial charge in [0, 0.05) is 45.5 Å². The smallest absolute Gasteiger partial charge is 0.407 e. The van der Waals surface area contributed by atoms with Crippen LogP contribution in [-0.2, 0) is 27.8 Å². The second-order valence-corrected chi connectivity index (χ2v) is 15.3. The molecule has 2 aromatic heterocycles. The lowest BCUT2D eigenvalue weighted by atomic mass is 10.0. The Hall–Kier alpha value is -3.56. The molecule has 14 heteroatoms. The van der Waals surface area contributed by atoms with Gasteiger partial charge in [-0.2, -0.15) is 9.29 Å². The molecule has 47 heavy (non-hydrogen) atoms. The number of alkyl carbamates (subject to hydrolysis) is 1. The van der Waals surface area contributed by atoms with Crippen LogP contribution in [-0.4, -0.2) is 97.3 Å². The molecule has 2 atom stereocenters. The summed E-state index contributed by atoms with van der Waals surface area (Å²) in [5, 5.41) is 14.3. The molecule has 0 aliphatic carbocycles. The minimum absolute atomic E-state index is 0.0354. The minimum Gasteiger partial charge on any atom is -0.444 e. The van der Waals surface area contributed by atoms with Gasteiger partial charge in [0.1, 0.15) is 12.1 Å². The Morgan fingerprint density at radius 3 is 2.62 bits per heavy atom. The van der Waals surface area contributed by atoms with Gasteiger partial charge in [-0.15, -0.1) is 11.3 Å². The number of likely N-dealkylation sites (N-methyl/N-ethyl adjacent to an activating group) is 1. The van der Waals surface area contributed by atoms with Crippen LogP contribution in [0, 0.1) is 5.92 Å². The van der Waals surface area contributed by atoms with Crippen molar-refractivity contribution in [2.24, 2.45) is 5.92 Å². The molecule has 2 aromatic carbocycles. The number of aliphatic hydroxyl groups is 1. The molecule has 0 radical (unpaired) electrons. The molecule has 1 amide bonds. The van der Waals surface area contributed by atoms with E-state index in [4.69, 9.17) is 9.15 Å². The number of benzene rings is 2. The summed E-state index contributed by atoms with van der Waals surface area (Å²) >= 11 is 1.36. The highest BCUT2D eigenvalue weighted by Crippen LogP contribution is 2.27. The summed E-state index contributed by atoms with van der Waals surface area (Å²) < 4.78 is 40.8. The summed E-state index contributed by atoms with van der Waals surface area (Å²) in [6.45, 7) is 7.64. The van der Waals surface area contributed by atoms with Crippen molar-refractivity contribution in [1.82, 2.24) is 24.5 Å². The maximum Gasteiger partial charge on any atom is 0.407 e. The van der Waals surface area contributed by atoms with E-state index in [1.807, 2.05) is 56.1 Å². The number of hydrogen-bond acceptors (Lipinski definition) is 11. The van der Waals surface area contributed by atoms with E-state index < -0.39 is 28.3 Å². The van der Waals surface area contributed by atoms with Gasteiger partial charge in [-0.1, -0.05) is 44.2 Å². The van der Waals surface area contributed by atoms with E-state index in [0.717, 1.165) is 36.6 Å². The number of fused-ring (bicyclic) bond motifs is 1. The Morgan fingerprint density at radius 1 is 1.15 bits per heavy atom. The van der Waals surface area contributed by atoms with Crippen molar-refractivity contribution < 1.29 is 27.5 Å². The van der Waals surface area contributed by atoms with Gasteiger partial charge < -0.3 is 29.4 Å². The van der Waals surface area contributed by atoms with E-state index in [0.29, 0.717) is 17.1 Å². The van der Waals surface area contributed by atoms with Crippen molar-refractivity contribution in [2.75, 3.05) is 51.2 Å². The van der Waals surface area contributed by atoms with E-state index in [1.165, 1.54) is 40.6 Å². The molecule has 0 saturated carbocycles. The Bertz CT molecular complexity index is 1680. The minimum atomic E-state index is -4.07. The number of carbonyl (C=O) groups excluding carboxylic acids is 1. The lowest BCUT2D eigenvalue weighted by Crippen LogP contribution is -2.51. The highest BCUT2D eigenvalue weighted by Gasteiger charge is 2.32. The third-order valence-electron chi connectivity index (χ3n) is 8.12. The van der Waals surface area contributed by atoms with Gasteiger partial charge in [-0.3, -0.25) is 4.98 Å². The SMILES string of the molecule is CC(C)CN(CC(O)C(Cc1ccccc1)NC(=O)OCc1cncs1)S(=O)(=O)c1ccc2nc(N(C)CCN3CCCC3)oc2c1. The van der Waals surface area contributed by atoms with E-state index in [9.17, 15) is 18.3 Å². The largest absolute Gasteiger partial charge is 0.444 e. The maximum atomic E-state index is 14.1. The van der Waals surface area contributed by atoms with Crippen LogP contribution in [0.4, 0.5) is 10.8 Å². The first kappa shape index (κ1) is 34.8. The first-order valence-electron chi connectivity index (χ1n) is 16.0. The molecule has 0 bridgehead atoms. The molecule has 1 aliphatic rings. The molecule has 4 aromatic rings. The van der Waals surface area contributed by atoms with Gasteiger partial charge in [0.2, 0.25) is 10.0 Å². The molecule has 12 nitrogen and oxygen atoms in total. The van der Waals surface area contributed by atoms with Gasteiger partial charge in [0.15, 0.2) is 5.58 Å². The number of nitrogens with one attached hydrogen (secondary N) is 1. The van der Waals surface area contributed by atoms with E-state index in [-0.39, 0.29) is 36.9 Å². The van der Waals surface area contributed by atoms with Crippen LogP contribution in [0.25, 0.3) is 11.1 Å². The summed E-state index contributed by atoms with van der Waals surface area (Å²) in [5.74, 6) is -0.0354. The summed E-state index contributed by atoms with van der Waals surface area (Å²) in [6, 6.07) is 13.6. The average molecular weight is 685 g/mol. The van der Waals surface area contributed by atoms with Gasteiger partial charge in [-0.05, 0) is 56.0 Å². The fourth-order valence-electron chi connectivity index (χ4n) is 5.57. The molecule has 1 saturated heterocycles. The second-order valence-electron chi connectivity index (χ2n) is 12.4. The van der Waals surface area contributed by atoms with Crippen molar-refractivity contribution >= 4 is 44.6 Å². The fraction of sp³-hybridized carbons (Fsp3) is 0.485. The van der Waals surface area contributed by atoms with Crippen LogP contribution in [0.3, 0.4) is 0 Å². The van der Waals surface area contributed by atoms with Crippen LogP contribution in [0.5, 0.6) is 0 Å². The molecular weight excluding hydrogens is 641 g/mol. The molecular formula is C33H44N6O6S2. The average Bonchev–Trinajstić information content (AvgIpc) is 3.84. The summed E-state index contributed by atoms with van der Waals surface area (Å²) in [7, 11) is -2.16. The monoisotopic (exact) mass is 684 g/mol. The molecule has 1 fully saturated rings. The number of nitrogens with zero attached hydrogens (tertiary/aromatic N) is 5. The Balaban J connectivity index is 1.32. The molecule has 2 N–H and O–H groups in total. The molecule has 2 unspecified atom stereocenters. The van der Waals surface area contributed by atoms with E-state index in [1.54, 1.807) is 17.8 Å². The zero-order valence-corrected chi connectivity index (χ0v) is 28.8. The Labute approximate surface area is 280 Å². The van der Waals surface area contributed by atoms with Crippen LogP contribution >= 0.6 is 11.3 Å². The van der Waals surface area contributed by atoms with Gasteiger partial charge in [0.05, 0.1) is 27.4 Å². The zero-order chi connectivity index (χ0) is 33.4. The van der Waals surface area contributed by atoms with Gasteiger partial charge in [0.25, 0.3) is 6.01 Å². The number of oxazole rings is 1. The third kappa shape index (κ3) is 9.51. The number of amides is 1. The Morgan fingerprint density at radius 2 is 1.91 bits per heavy atom.